The zero-order chi connectivity index (χ0) is 12.4. The largest absolute Gasteiger partial charge is 0.463 e. The highest BCUT2D eigenvalue weighted by atomic mass is 35.5. The van der Waals surface area contributed by atoms with Crippen molar-refractivity contribution in [1.29, 1.82) is 0 Å². The highest BCUT2D eigenvalue weighted by Crippen LogP contribution is 2.20. The van der Waals surface area contributed by atoms with Crippen molar-refractivity contribution in [3.05, 3.63) is 28.8 Å². The summed E-state index contributed by atoms with van der Waals surface area (Å²) in [5, 5.41) is 0.430. The zero-order valence-electron chi connectivity index (χ0n) is 8.81. The third kappa shape index (κ3) is 2.50. The number of hydrogen-bond donors (Lipinski definition) is 1. The van der Waals surface area contributed by atoms with Gasteiger partial charge in [0.1, 0.15) is 0 Å². The highest BCUT2D eigenvalue weighted by Gasteiger charge is 2.30. The van der Waals surface area contributed by atoms with Gasteiger partial charge in [0.2, 0.25) is 6.10 Å². The molecule has 0 spiro atoms. The van der Waals surface area contributed by atoms with Crippen molar-refractivity contribution in [3.8, 4) is 0 Å². The van der Waals surface area contributed by atoms with Crippen LogP contribution in [0.1, 0.15) is 16.8 Å². The molecule has 1 aliphatic heterocycles. The fraction of sp³-hybridized carbons (Fsp3) is 0.273. The van der Waals surface area contributed by atoms with Crippen LogP contribution in [0.5, 0.6) is 0 Å². The molecule has 2 N–H and O–H groups in total. The van der Waals surface area contributed by atoms with Crippen LogP contribution in [-0.2, 0) is 14.3 Å². The molecule has 0 amide bonds. The monoisotopic (exact) mass is 255 g/mol. The second-order valence-electron chi connectivity index (χ2n) is 3.58. The van der Waals surface area contributed by atoms with Crippen molar-refractivity contribution in [3.63, 3.8) is 0 Å². The van der Waals surface area contributed by atoms with E-state index in [1.54, 1.807) is 0 Å². The Labute approximate surface area is 102 Å². The Bertz CT molecular complexity index is 475. The molecule has 0 aromatic heterocycles. The predicted molar refractivity (Wildman–Crippen MR) is 60.6 cm³/mol. The van der Waals surface area contributed by atoms with Gasteiger partial charge in [-0.25, -0.2) is 9.59 Å². The van der Waals surface area contributed by atoms with E-state index in [-0.39, 0.29) is 17.9 Å². The Morgan fingerprint density at radius 2 is 2.29 bits per heavy atom. The third-order valence-corrected chi connectivity index (χ3v) is 2.61. The molecule has 6 heteroatoms. The molecular weight excluding hydrogens is 246 g/mol. The Kier molecular flexibility index (Phi) is 3.19. The Hall–Kier alpha value is -1.75. The van der Waals surface area contributed by atoms with Crippen molar-refractivity contribution >= 4 is 29.2 Å². The quantitative estimate of drug-likeness (QED) is 0.638. The maximum Gasteiger partial charge on any atom is 0.347 e. The van der Waals surface area contributed by atoms with Gasteiger partial charge in [-0.1, -0.05) is 11.6 Å². The number of ether oxygens (including phenoxy) is 2. The summed E-state index contributed by atoms with van der Waals surface area (Å²) in [6, 6.07) is 4.44. The minimum Gasteiger partial charge on any atom is -0.463 e. The van der Waals surface area contributed by atoms with Crippen LogP contribution in [-0.4, -0.2) is 24.6 Å². The SMILES string of the molecule is Nc1cc(Cl)ccc1C(=O)OC1CCOC1=O. The number of carbonyl (C=O) groups excluding carboxylic acids is 2. The van der Waals surface area contributed by atoms with E-state index in [1.807, 2.05) is 0 Å². The average Bonchev–Trinajstić information content (AvgIpc) is 2.64. The molecule has 17 heavy (non-hydrogen) atoms. The molecule has 1 fully saturated rings. The Balaban J connectivity index is 2.11. The minimum atomic E-state index is -0.836. The van der Waals surface area contributed by atoms with Gasteiger partial charge in [-0.3, -0.25) is 0 Å². The highest BCUT2D eigenvalue weighted by molar-refractivity contribution is 6.31. The van der Waals surface area contributed by atoms with Crippen LogP contribution in [0.4, 0.5) is 5.69 Å². The fourth-order valence-corrected chi connectivity index (χ4v) is 1.68. The molecular formula is C11H10ClNO4. The first-order valence-electron chi connectivity index (χ1n) is 5.00. The lowest BCUT2D eigenvalue weighted by molar-refractivity contribution is -0.145. The van der Waals surface area contributed by atoms with Gasteiger partial charge in [-0.2, -0.15) is 0 Å². The normalized spacial score (nSPS) is 18.9. The number of halogens is 1. The second-order valence-corrected chi connectivity index (χ2v) is 4.02. The summed E-state index contributed by atoms with van der Waals surface area (Å²) in [6.07, 6.45) is -0.462. The molecule has 90 valence electrons. The van der Waals surface area contributed by atoms with Crippen molar-refractivity contribution < 1.29 is 19.1 Å². The number of nitrogens with two attached hydrogens (primary N) is 1. The summed E-state index contributed by atoms with van der Waals surface area (Å²) in [6.45, 7) is 0.271. The maximum absolute atomic E-state index is 11.7. The molecule has 1 atom stereocenters. The first-order chi connectivity index (χ1) is 8.08. The average molecular weight is 256 g/mol. The number of benzene rings is 1. The lowest BCUT2D eigenvalue weighted by atomic mass is 10.2. The molecule has 5 nitrogen and oxygen atoms in total. The van der Waals surface area contributed by atoms with Gasteiger partial charge in [0.25, 0.3) is 0 Å². The van der Waals surface area contributed by atoms with Crippen LogP contribution in [0.2, 0.25) is 5.02 Å². The van der Waals surface area contributed by atoms with E-state index >= 15 is 0 Å². The van der Waals surface area contributed by atoms with Gasteiger partial charge in [0.05, 0.1) is 12.2 Å². The smallest absolute Gasteiger partial charge is 0.347 e. The summed E-state index contributed by atoms with van der Waals surface area (Å²) >= 11 is 5.71. The lowest BCUT2D eigenvalue weighted by Gasteiger charge is -2.09. The van der Waals surface area contributed by atoms with Gasteiger partial charge in [0, 0.05) is 17.1 Å². The number of carbonyl (C=O) groups is 2. The molecule has 0 aliphatic carbocycles. The molecule has 0 radical (unpaired) electrons. The number of rotatable bonds is 2. The van der Waals surface area contributed by atoms with Crippen LogP contribution >= 0.6 is 11.6 Å². The van der Waals surface area contributed by atoms with E-state index in [9.17, 15) is 9.59 Å². The van der Waals surface area contributed by atoms with Crippen LogP contribution in [0.15, 0.2) is 18.2 Å². The summed E-state index contributed by atoms with van der Waals surface area (Å²) in [5.74, 6) is -1.17. The Morgan fingerprint density at radius 3 is 2.88 bits per heavy atom. The molecule has 0 saturated carbocycles. The van der Waals surface area contributed by atoms with Gasteiger partial charge in [-0.15, -0.1) is 0 Å². The molecule has 1 aromatic carbocycles. The standard InChI is InChI=1S/C11H10ClNO4/c12-6-1-2-7(8(13)5-6)10(14)17-9-3-4-16-11(9)15/h1-2,5,9H,3-4,13H2. The van der Waals surface area contributed by atoms with Gasteiger partial charge in [-0.05, 0) is 18.2 Å². The molecule has 1 unspecified atom stereocenters. The molecule has 1 heterocycles. The van der Waals surface area contributed by atoms with Crippen molar-refractivity contribution in [1.82, 2.24) is 0 Å². The zero-order valence-corrected chi connectivity index (χ0v) is 9.57. The number of cyclic esters (lactones) is 1. The number of hydrogen-bond acceptors (Lipinski definition) is 5. The topological polar surface area (TPSA) is 78.6 Å². The van der Waals surface area contributed by atoms with E-state index in [2.05, 4.69) is 4.74 Å². The van der Waals surface area contributed by atoms with E-state index in [1.165, 1.54) is 18.2 Å². The van der Waals surface area contributed by atoms with E-state index in [4.69, 9.17) is 22.1 Å². The van der Waals surface area contributed by atoms with Crippen LogP contribution in [0, 0.1) is 0 Å². The summed E-state index contributed by atoms with van der Waals surface area (Å²) < 4.78 is 9.68. The second kappa shape index (κ2) is 4.63. The third-order valence-electron chi connectivity index (χ3n) is 2.37. The van der Waals surface area contributed by atoms with E-state index < -0.39 is 18.0 Å². The molecule has 1 aliphatic rings. The number of esters is 2. The fourth-order valence-electron chi connectivity index (χ4n) is 1.50. The first-order valence-corrected chi connectivity index (χ1v) is 5.38. The molecule has 2 rings (SSSR count). The van der Waals surface area contributed by atoms with Gasteiger partial charge < -0.3 is 15.2 Å². The first kappa shape index (κ1) is 11.7. The van der Waals surface area contributed by atoms with Crippen molar-refractivity contribution in [2.45, 2.75) is 12.5 Å². The van der Waals surface area contributed by atoms with Crippen molar-refractivity contribution in [2.24, 2.45) is 0 Å². The lowest BCUT2D eigenvalue weighted by Crippen LogP contribution is -2.23. The van der Waals surface area contributed by atoms with Crippen molar-refractivity contribution in [2.75, 3.05) is 12.3 Å². The summed E-state index contributed by atoms with van der Waals surface area (Å²) in [5.41, 5.74) is 6.04. The minimum absolute atomic E-state index is 0.189. The van der Waals surface area contributed by atoms with E-state index in [0.29, 0.717) is 11.4 Å². The number of anilines is 1. The molecule has 0 bridgehead atoms. The number of nitrogen functional groups attached to an aromatic ring is 1. The summed E-state index contributed by atoms with van der Waals surface area (Å²) in [4.78, 5) is 22.9. The van der Waals surface area contributed by atoms with Gasteiger partial charge in [0.15, 0.2) is 0 Å². The molecule has 1 saturated heterocycles. The predicted octanol–water partition coefficient (Wildman–Crippen LogP) is 1.39. The maximum atomic E-state index is 11.7. The summed E-state index contributed by atoms with van der Waals surface area (Å²) in [7, 11) is 0. The van der Waals surface area contributed by atoms with Crippen LogP contribution < -0.4 is 5.73 Å². The van der Waals surface area contributed by atoms with E-state index in [0.717, 1.165) is 0 Å². The molecule has 1 aromatic rings. The van der Waals surface area contributed by atoms with Gasteiger partial charge >= 0.3 is 11.9 Å². The van der Waals surface area contributed by atoms with Crippen LogP contribution in [0.25, 0.3) is 0 Å². The Morgan fingerprint density at radius 1 is 1.53 bits per heavy atom. The van der Waals surface area contributed by atoms with Crippen LogP contribution in [0.3, 0.4) is 0 Å².